The van der Waals surface area contributed by atoms with E-state index in [1.807, 2.05) is 0 Å². The fourth-order valence-electron chi connectivity index (χ4n) is 0.680. The van der Waals surface area contributed by atoms with Gasteiger partial charge in [-0.05, 0) is 6.42 Å². The second kappa shape index (κ2) is 3.94. The summed E-state index contributed by atoms with van der Waals surface area (Å²) in [5.41, 5.74) is 3.75. The van der Waals surface area contributed by atoms with Gasteiger partial charge in [0.25, 0.3) is 0 Å². The highest BCUT2D eigenvalue weighted by atomic mass is 32.1. The third-order valence-electron chi connectivity index (χ3n) is 1.64. The third-order valence-corrected chi connectivity index (χ3v) is 2.16. The molecule has 2 atom stereocenters. The number of aliphatic hydroxyl groups is 1. The Morgan fingerprint density at radius 3 is 2.36 bits per heavy atom. The molecule has 0 amide bonds. The highest BCUT2D eigenvalue weighted by Crippen LogP contribution is 2.12. The van der Waals surface area contributed by atoms with Gasteiger partial charge < -0.3 is 15.9 Å². The van der Waals surface area contributed by atoms with Crippen LogP contribution in [0.25, 0.3) is 0 Å². The molecule has 0 saturated heterocycles. The molecule has 0 aliphatic rings. The zero-order valence-electron chi connectivity index (χ0n) is 6.32. The molecule has 11 heavy (non-hydrogen) atoms. The van der Waals surface area contributed by atoms with E-state index in [1.165, 1.54) is 0 Å². The molecule has 0 aromatic carbocycles. The van der Waals surface area contributed by atoms with Crippen LogP contribution in [0.15, 0.2) is 0 Å². The average molecular weight is 179 g/mol. The summed E-state index contributed by atoms with van der Waals surface area (Å²) in [6.07, 6.45) is -0.735. The maximum atomic E-state index is 10.5. The number of carbonyl (C=O) groups is 1. The van der Waals surface area contributed by atoms with Gasteiger partial charge in [0.1, 0.15) is 5.54 Å². The number of thiol groups is 1. The molecule has 4 nitrogen and oxygen atoms in total. The summed E-state index contributed by atoms with van der Waals surface area (Å²) >= 11 is 3.77. The molecule has 0 aromatic rings. The van der Waals surface area contributed by atoms with E-state index in [-0.39, 0.29) is 5.75 Å². The summed E-state index contributed by atoms with van der Waals surface area (Å²) in [5, 5.41) is 17.8. The van der Waals surface area contributed by atoms with Crippen LogP contribution < -0.4 is 5.73 Å². The van der Waals surface area contributed by atoms with Crippen molar-refractivity contribution in [1.82, 2.24) is 0 Å². The van der Waals surface area contributed by atoms with Crippen molar-refractivity contribution in [2.45, 2.75) is 25.0 Å². The van der Waals surface area contributed by atoms with Crippen LogP contribution in [0.2, 0.25) is 0 Å². The Morgan fingerprint density at radius 2 is 2.27 bits per heavy atom. The number of hydrogen-bond donors (Lipinski definition) is 4. The molecule has 0 aliphatic carbocycles. The lowest BCUT2D eigenvalue weighted by molar-refractivity contribution is -0.146. The lowest BCUT2D eigenvalue weighted by Gasteiger charge is -2.27. The predicted octanol–water partition coefficient (Wildman–Crippen LogP) is -0.531. The SMILES string of the molecule is CCC(O)C(N)(CS)C(=O)O. The molecule has 0 aliphatic heterocycles. The van der Waals surface area contributed by atoms with Crippen molar-refractivity contribution in [3.8, 4) is 0 Å². The van der Waals surface area contributed by atoms with Crippen LogP contribution in [0.3, 0.4) is 0 Å². The Balaban J connectivity index is 4.45. The molecule has 0 aromatic heterocycles. The van der Waals surface area contributed by atoms with Gasteiger partial charge in [0.2, 0.25) is 0 Å². The van der Waals surface area contributed by atoms with E-state index >= 15 is 0 Å². The minimum Gasteiger partial charge on any atom is -0.480 e. The number of carboxylic acids is 1. The van der Waals surface area contributed by atoms with Crippen LogP contribution in [0.4, 0.5) is 0 Å². The van der Waals surface area contributed by atoms with E-state index in [2.05, 4.69) is 12.6 Å². The van der Waals surface area contributed by atoms with Gasteiger partial charge >= 0.3 is 5.97 Å². The zero-order valence-corrected chi connectivity index (χ0v) is 7.21. The van der Waals surface area contributed by atoms with Crippen LogP contribution in [-0.4, -0.2) is 33.6 Å². The molecule has 5 heteroatoms. The maximum Gasteiger partial charge on any atom is 0.327 e. The number of rotatable bonds is 4. The first-order valence-electron chi connectivity index (χ1n) is 3.30. The van der Waals surface area contributed by atoms with Crippen LogP contribution >= 0.6 is 12.6 Å². The van der Waals surface area contributed by atoms with Gasteiger partial charge in [0.05, 0.1) is 6.10 Å². The van der Waals surface area contributed by atoms with Crippen LogP contribution in [0, 0.1) is 0 Å². The summed E-state index contributed by atoms with van der Waals surface area (Å²) in [5.74, 6) is -1.29. The molecule has 0 radical (unpaired) electrons. The summed E-state index contributed by atoms with van der Waals surface area (Å²) in [7, 11) is 0. The zero-order chi connectivity index (χ0) is 9.07. The summed E-state index contributed by atoms with van der Waals surface area (Å²) in [4.78, 5) is 10.5. The third kappa shape index (κ3) is 2.08. The van der Waals surface area contributed by atoms with Crippen molar-refractivity contribution in [2.24, 2.45) is 5.73 Å². The Kier molecular flexibility index (Phi) is 3.85. The Bertz CT molecular complexity index is 153. The summed E-state index contributed by atoms with van der Waals surface area (Å²) < 4.78 is 0. The van der Waals surface area contributed by atoms with Gasteiger partial charge in [0.15, 0.2) is 0 Å². The predicted molar refractivity (Wildman–Crippen MR) is 44.7 cm³/mol. The maximum absolute atomic E-state index is 10.5. The van der Waals surface area contributed by atoms with Gasteiger partial charge in [0, 0.05) is 5.75 Å². The second-order valence-corrected chi connectivity index (χ2v) is 2.74. The molecule has 0 spiro atoms. The fraction of sp³-hybridized carbons (Fsp3) is 0.833. The Labute approximate surface area is 70.8 Å². The molecule has 0 saturated carbocycles. The monoisotopic (exact) mass is 179 g/mol. The summed E-state index contributed by atoms with van der Waals surface area (Å²) in [6, 6.07) is 0. The second-order valence-electron chi connectivity index (χ2n) is 2.43. The van der Waals surface area contributed by atoms with E-state index in [0.29, 0.717) is 6.42 Å². The van der Waals surface area contributed by atoms with Crippen LogP contribution in [0.5, 0.6) is 0 Å². The molecule has 4 N–H and O–H groups in total. The standard InChI is InChI=1S/C6H13NO3S/c1-2-4(8)6(7,3-11)5(9)10/h4,8,11H,2-3,7H2,1H3,(H,9,10). The Morgan fingerprint density at radius 1 is 1.82 bits per heavy atom. The number of hydrogen-bond acceptors (Lipinski definition) is 4. The normalized spacial score (nSPS) is 18.9. The molecule has 0 bridgehead atoms. The molecule has 2 unspecified atom stereocenters. The lowest BCUT2D eigenvalue weighted by atomic mass is 9.94. The van der Waals surface area contributed by atoms with Crippen molar-refractivity contribution in [3.63, 3.8) is 0 Å². The van der Waals surface area contributed by atoms with Crippen molar-refractivity contribution in [3.05, 3.63) is 0 Å². The molecule has 0 heterocycles. The first kappa shape index (κ1) is 10.7. The quantitative estimate of drug-likeness (QED) is 0.437. The van der Waals surface area contributed by atoms with E-state index in [4.69, 9.17) is 10.8 Å². The van der Waals surface area contributed by atoms with Crippen molar-refractivity contribution in [2.75, 3.05) is 5.75 Å². The average Bonchev–Trinajstić information content (AvgIpc) is 2.01. The van der Waals surface area contributed by atoms with Gasteiger partial charge in [-0.25, -0.2) is 0 Å². The number of nitrogens with two attached hydrogens (primary N) is 1. The molecule has 0 rings (SSSR count). The number of aliphatic hydroxyl groups excluding tert-OH is 1. The van der Waals surface area contributed by atoms with E-state index in [0.717, 1.165) is 0 Å². The minimum atomic E-state index is -1.61. The van der Waals surface area contributed by atoms with Crippen LogP contribution in [-0.2, 0) is 4.79 Å². The molecule has 66 valence electrons. The fourth-order valence-corrected chi connectivity index (χ4v) is 1.03. The summed E-state index contributed by atoms with van der Waals surface area (Å²) in [6.45, 7) is 1.67. The van der Waals surface area contributed by atoms with Gasteiger partial charge in [-0.15, -0.1) is 0 Å². The minimum absolute atomic E-state index is 0.0721. The first-order chi connectivity index (χ1) is 4.99. The highest BCUT2D eigenvalue weighted by Gasteiger charge is 2.39. The van der Waals surface area contributed by atoms with E-state index in [1.54, 1.807) is 6.92 Å². The Hall–Kier alpha value is -0.260. The molecular weight excluding hydrogens is 166 g/mol. The van der Waals surface area contributed by atoms with Crippen molar-refractivity contribution >= 4 is 18.6 Å². The highest BCUT2D eigenvalue weighted by molar-refractivity contribution is 7.80. The lowest BCUT2D eigenvalue weighted by Crippen LogP contribution is -2.58. The number of aliphatic carboxylic acids is 1. The van der Waals surface area contributed by atoms with E-state index < -0.39 is 17.6 Å². The molecule has 0 fully saturated rings. The van der Waals surface area contributed by atoms with Crippen molar-refractivity contribution < 1.29 is 15.0 Å². The smallest absolute Gasteiger partial charge is 0.327 e. The topological polar surface area (TPSA) is 83.5 Å². The first-order valence-corrected chi connectivity index (χ1v) is 3.93. The van der Waals surface area contributed by atoms with Crippen LogP contribution in [0.1, 0.15) is 13.3 Å². The number of carboxylic acid groups (broad SMARTS) is 1. The van der Waals surface area contributed by atoms with E-state index in [9.17, 15) is 9.90 Å². The van der Waals surface area contributed by atoms with Gasteiger partial charge in [-0.3, -0.25) is 4.79 Å². The largest absolute Gasteiger partial charge is 0.480 e. The van der Waals surface area contributed by atoms with Crippen molar-refractivity contribution in [1.29, 1.82) is 0 Å². The molecular formula is C6H13NO3S. The van der Waals surface area contributed by atoms with Gasteiger partial charge in [-0.2, -0.15) is 12.6 Å². The van der Waals surface area contributed by atoms with Gasteiger partial charge in [-0.1, -0.05) is 6.92 Å².